The molecule has 8 nitrogen and oxygen atoms in total. The fourth-order valence-corrected chi connectivity index (χ4v) is 2.11. The Hall–Kier alpha value is -2.29. The van der Waals surface area contributed by atoms with E-state index in [9.17, 15) is 9.59 Å². The number of carbonyl (C=O) groups is 2. The molecule has 0 unspecified atom stereocenters. The molecule has 2 aromatic rings. The Balaban J connectivity index is 2.48. The van der Waals surface area contributed by atoms with Gasteiger partial charge in [-0.25, -0.2) is 19.3 Å². The zero-order valence-electron chi connectivity index (χ0n) is 11.9. The lowest BCUT2D eigenvalue weighted by molar-refractivity contribution is 0.0585. The predicted octanol–water partition coefficient (Wildman–Crippen LogP) is 1.17. The van der Waals surface area contributed by atoms with Crippen LogP contribution in [0.4, 0.5) is 0 Å². The van der Waals surface area contributed by atoms with Gasteiger partial charge in [0.1, 0.15) is 0 Å². The summed E-state index contributed by atoms with van der Waals surface area (Å²) in [7, 11) is 2.47. The molecule has 0 aromatic carbocycles. The van der Waals surface area contributed by atoms with Gasteiger partial charge < -0.3 is 9.47 Å². The van der Waals surface area contributed by atoms with Crippen LogP contribution >= 0.6 is 15.9 Å². The normalized spacial score (nSPS) is 10.3. The Bertz CT molecular complexity index is 667. The number of pyridine rings is 1. The number of rotatable bonds is 5. The summed E-state index contributed by atoms with van der Waals surface area (Å²) in [6, 6.07) is 2.93. The van der Waals surface area contributed by atoms with Gasteiger partial charge in [0.05, 0.1) is 31.8 Å². The fourth-order valence-electron chi connectivity index (χ4n) is 1.70. The second-order valence-corrected chi connectivity index (χ2v) is 4.97. The van der Waals surface area contributed by atoms with Crippen LogP contribution in [-0.2, 0) is 15.9 Å². The molecule has 0 atom stereocenters. The first-order valence-corrected chi connectivity index (χ1v) is 7.37. The lowest BCUT2D eigenvalue weighted by Gasteiger charge is -2.06. The molecular weight excluding hydrogens is 356 g/mol. The van der Waals surface area contributed by atoms with Crippen molar-refractivity contribution >= 4 is 27.9 Å². The smallest absolute Gasteiger partial charge is 0.356 e. The molecule has 0 spiro atoms. The van der Waals surface area contributed by atoms with Gasteiger partial charge in [-0.05, 0) is 12.1 Å². The number of esters is 2. The van der Waals surface area contributed by atoms with Gasteiger partial charge in [0.25, 0.3) is 0 Å². The van der Waals surface area contributed by atoms with Crippen molar-refractivity contribution in [2.24, 2.45) is 0 Å². The van der Waals surface area contributed by atoms with E-state index in [4.69, 9.17) is 0 Å². The number of ether oxygens (including phenoxy) is 2. The summed E-state index contributed by atoms with van der Waals surface area (Å²) in [5.74, 6) is -1.32. The van der Waals surface area contributed by atoms with Crippen LogP contribution in [0.3, 0.4) is 0 Å². The van der Waals surface area contributed by atoms with E-state index >= 15 is 0 Å². The monoisotopic (exact) mass is 368 g/mol. The van der Waals surface area contributed by atoms with Gasteiger partial charge in [0.15, 0.2) is 11.4 Å². The summed E-state index contributed by atoms with van der Waals surface area (Å²) in [4.78, 5) is 27.3. The average molecular weight is 369 g/mol. The molecule has 0 aliphatic heterocycles. The maximum absolute atomic E-state index is 11.7. The molecule has 116 valence electrons. The molecular formula is C13H13BrN4O4. The first kappa shape index (κ1) is 16.1. The van der Waals surface area contributed by atoms with Gasteiger partial charge in [-0.3, -0.25) is 0 Å². The van der Waals surface area contributed by atoms with Crippen molar-refractivity contribution in [3.63, 3.8) is 0 Å². The zero-order valence-corrected chi connectivity index (χ0v) is 13.5. The minimum atomic E-state index is -0.659. The number of aryl methyl sites for hydroxylation is 1. The van der Waals surface area contributed by atoms with Gasteiger partial charge in [-0.2, -0.15) is 0 Å². The third-order valence-electron chi connectivity index (χ3n) is 2.76. The van der Waals surface area contributed by atoms with Gasteiger partial charge >= 0.3 is 11.9 Å². The molecule has 9 heteroatoms. The van der Waals surface area contributed by atoms with Crippen molar-refractivity contribution in [1.29, 1.82) is 0 Å². The van der Waals surface area contributed by atoms with Crippen LogP contribution in [0.1, 0.15) is 26.7 Å². The van der Waals surface area contributed by atoms with E-state index in [1.54, 1.807) is 6.20 Å². The molecule has 2 heterocycles. The third-order valence-corrected chi connectivity index (χ3v) is 3.15. The van der Waals surface area contributed by atoms with Crippen LogP contribution < -0.4 is 0 Å². The van der Waals surface area contributed by atoms with Crippen LogP contribution in [0, 0.1) is 0 Å². The quantitative estimate of drug-likeness (QED) is 0.577. The van der Waals surface area contributed by atoms with Gasteiger partial charge in [0.2, 0.25) is 0 Å². The highest BCUT2D eigenvalue weighted by molar-refractivity contribution is 9.09. The topological polar surface area (TPSA) is 96.2 Å². The summed E-state index contributed by atoms with van der Waals surface area (Å²) >= 11 is 3.32. The van der Waals surface area contributed by atoms with Crippen LogP contribution in [0.5, 0.6) is 0 Å². The molecule has 0 N–H and O–H groups in total. The molecule has 2 aromatic heterocycles. The van der Waals surface area contributed by atoms with E-state index in [0.717, 1.165) is 11.0 Å². The molecule has 0 fully saturated rings. The number of carbonyl (C=O) groups excluding carboxylic acids is 2. The number of aromatic nitrogens is 4. The molecule has 0 aliphatic carbocycles. The van der Waals surface area contributed by atoms with Crippen LogP contribution in [0.15, 0.2) is 18.3 Å². The Morgan fingerprint density at radius 2 is 1.77 bits per heavy atom. The first-order chi connectivity index (χ1) is 10.6. The van der Waals surface area contributed by atoms with E-state index in [0.29, 0.717) is 12.1 Å². The fraction of sp³-hybridized carbons (Fsp3) is 0.308. The maximum Gasteiger partial charge on any atom is 0.356 e. The predicted molar refractivity (Wildman–Crippen MR) is 79.3 cm³/mol. The van der Waals surface area contributed by atoms with Gasteiger partial charge in [0, 0.05) is 11.8 Å². The number of nitrogens with zero attached hydrogens (tertiary/aromatic N) is 4. The van der Waals surface area contributed by atoms with Crippen LogP contribution in [0.2, 0.25) is 0 Å². The summed E-state index contributed by atoms with van der Waals surface area (Å²) in [6.07, 6.45) is 2.41. The number of hydrogen-bond acceptors (Lipinski definition) is 7. The minimum Gasteiger partial charge on any atom is -0.464 e. The van der Waals surface area contributed by atoms with E-state index < -0.39 is 11.9 Å². The second kappa shape index (κ2) is 7.12. The zero-order chi connectivity index (χ0) is 16.1. The molecule has 0 radical (unpaired) electrons. The van der Waals surface area contributed by atoms with Crippen molar-refractivity contribution in [3.05, 3.63) is 35.4 Å². The molecule has 0 amide bonds. The van der Waals surface area contributed by atoms with E-state index in [1.165, 1.54) is 31.0 Å². The van der Waals surface area contributed by atoms with Crippen molar-refractivity contribution in [3.8, 4) is 5.69 Å². The lowest BCUT2D eigenvalue weighted by Crippen LogP contribution is -2.12. The maximum atomic E-state index is 11.7. The molecule has 0 saturated heterocycles. The molecule has 0 saturated carbocycles. The Morgan fingerprint density at radius 1 is 1.18 bits per heavy atom. The SMILES string of the molecule is COC(=O)c1cc(-n2cc(CCBr)nn2)cc(C(=O)OC)n1. The highest BCUT2D eigenvalue weighted by atomic mass is 79.9. The van der Waals surface area contributed by atoms with Crippen molar-refractivity contribution < 1.29 is 19.1 Å². The summed E-state index contributed by atoms with van der Waals surface area (Å²) in [5, 5.41) is 8.73. The third kappa shape index (κ3) is 3.48. The lowest BCUT2D eigenvalue weighted by atomic mass is 10.2. The Labute approximate surface area is 134 Å². The van der Waals surface area contributed by atoms with Gasteiger partial charge in [-0.15, -0.1) is 5.10 Å². The highest BCUT2D eigenvalue weighted by Gasteiger charge is 2.17. The van der Waals surface area contributed by atoms with Crippen molar-refractivity contribution in [1.82, 2.24) is 20.0 Å². The Morgan fingerprint density at radius 3 is 2.27 bits per heavy atom. The Kier molecular flexibility index (Phi) is 5.21. The highest BCUT2D eigenvalue weighted by Crippen LogP contribution is 2.13. The van der Waals surface area contributed by atoms with Crippen molar-refractivity contribution in [2.75, 3.05) is 19.5 Å². The number of alkyl halides is 1. The first-order valence-electron chi connectivity index (χ1n) is 6.25. The minimum absolute atomic E-state index is 0.0158. The number of hydrogen-bond donors (Lipinski definition) is 0. The van der Waals surface area contributed by atoms with Crippen molar-refractivity contribution in [2.45, 2.75) is 6.42 Å². The van der Waals surface area contributed by atoms with E-state index in [2.05, 4.69) is 40.7 Å². The largest absolute Gasteiger partial charge is 0.464 e. The second-order valence-electron chi connectivity index (χ2n) is 4.17. The standard InChI is InChI=1S/C13H13BrN4O4/c1-21-12(19)10-5-9(6-11(15-10)13(20)22-2)18-7-8(3-4-14)16-17-18/h5-7H,3-4H2,1-2H3. The number of halogens is 1. The van der Waals surface area contributed by atoms with E-state index in [-0.39, 0.29) is 11.4 Å². The molecule has 2 rings (SSSR count). The average Bonchev–Trinajstić information content (AvgIpc) is 3.02. The molecule has 22 heavy (non-hydrogen) atoms. The molecule has 0 aliphatic rings. The van der Waals surface area contributed by atoms with Crippen LogP contribution in [0.25, 0.3) is 5.69 Å². The summed E-state index contributed by atoms with van der Waals surface area (Å²) in [5.41, 5.74) is 1.20. The summed E-state index contributed by atoms with van der Waals surface area (Å²) < 4.78 is 10.7. The summed E-state index contributed by atoms with van der Waals surface area (Å²) in [6.45, 7) is 0. The van der Waals surface area contributed by atoms with Crippen LogP contribution in [-0.4, -0.2) is 51.5 Å². The van der Waals surface area contributed by atoms with E-state index in [1.807, 2.05) is 0 Å². The van der Waals surface area contributed by atoms with Gasteiger partial charge in [-0.1, -0.05) is 21.1 Å². The molecule has 0 bridgehead atoms. The number of methoxy groups -OCH3 is 2.